The van der Waals surface area contributed by atoms with E-state index >= 15 is 0 Å². The average Bonchev–Trinajstić information content (AvgIpc) is 2.74. The maximum atomic E-state index is 12.5. The predicted octanol–water partition coefficient (Wildman–Crippen LogP) is 2.82. The summed E-state index contributed by atoms with van der Waals surface area (Å²) in [5, 5.41) is 8.69. The van der Waals surface area contributed by atoms with Crippen LogP contribution in [0.15, 0.2) is 29.2 Å². The molecule has 1 aromatic carbocycles. The quantitative estimate of drug-likeness (QED) is 0.629. The lowest BCUT2D eigenvalue weighted by Crippen LogP contribution is -2.29. The van der Waals surface area contributed by atoms with E-state index in [2.05, 4.69) is 0 Å². The molecule has 7 heteroatoms. The van der Waals surface area contributed by atoms with Crippen molar-refractivity contribution in [2.75, 3.05) is 25.5 Å². The number of hydrogen-bond donors (Lipinski definition) is 1. The Balaban J connectivity index is 2.17. The van der Waals surface area contributed by atoms with Gasteiger partial charge in [0, 0.05) is 32.7 Å². The van der Waals surface area contributed by atoms with Crippen molar-refractivity contribution in [2.24, 2.45) is 0 Å². The van der Waals surface area contributed by atoms with Gasteiger partial charge >= 0.3 is 5.97 Å². The molecule has 1 N–H and O–H groups in total. The summed E-state index contributed by atoms with van der Waals surface area (Å²) in [6.45, 7) is 0.337. The minimum absolute atomic E-state index is 0.0274. The Morgan fingerprint density at radius 1 is 1.39 bits per heavy atom. The van der Waals surface area contributed by atoms with Crippen LogP contribution in [0.2, 0.25) is 0 Å². The number of para-hydroxylation sites is 1. The molecule has 1 heterocycles. The van der Waals surface area contributed by atoms with Gasteiger partial charge in [0.05, 0.1) is 4.91 Å². The van der Waals surface area contributed by atoms with Crippen molar-refractivity contribution >= 4 is 51.9 Å². The lowest BCUT2D eigenvalue weighted by Gasteiger charge is -2.15. The number of carbonyl (C=O) groups is 2. The third-order valence-corrected chi connectivity index (χ3v) is 4.73. The zero-order valence-electron chi connectivity index (χ0n) is 13.0. The van der Waals surface area contributed by atoms with E-state index in [0.29, 0.717) is 22.2 Å². The van der Waals surface area contributed by atoms with Gasteiger partial charge in [0.1, 0.15) is 4.32 Å². The van der Waals surface area contributed by atoms with Gasteiger partial charge in [0.15, 0.2) is 0 Å². The largest absolute Gasteiger partial charge is 0.481 e. The van der Waals surface area contributed by atoms with Crippen molar-refractivity contribution < 1.29 is 14.7 Å². The number of carboxylic acids is 1. The van der Waals surface area contributed by atoms with Gasteiger partial charge in [-0.15, -0.1) is 0 Å². The van der Waals surface area contributed by atoms with Gasteiger partial charge in [-0.25, -0.2) is 0 Å². The van der Waals surface area contributed by atoms with E-state index in [9.17, 15) is 9.59 Å². The third-order valence-electron chi connectivity index (χ3n) is 3.35. The smallest absolute Gasteiger partial charge is 0.303 e. The molecule has 0 saturated carbocycles. The Bertz CT molecular complexity index is 671. The van der Waals surface area contributed by atoms with Crippen LogP contribution in [0.25, 0.3) is 6.08 Å². The minimum atomic E-state index is -0.870. The molecule has 1 aliphatic heterocycles. The van der Waals surface area contributed by atoms with Crippen LogP contribution in [0.1, 0.15) is 18.4 Å². The molecular formula is C16H18N2O3S2. The number of carboxylic acid groups (broad SMARTS) is 1. The monoisotopic (exact) mass is 350 g/mol. The van der Waals surface area contributed by atoms with E-state index in [1.165, 1.54) is 16.7 Å². The van der Waals surface area contributed by atoms with Gasteiger partial charge in [0.25, 0.3) is 5.91 Å². The fraction of sp³-hybridized carbons (Fsp3) is 0.312. The van der Waals surface area contributed by atoms with Crippen molar-refractivity contribution in [3.05, 3.63) is 34.7 Å². The predicted molar refractivity (Wildman–Crippen MR) is 97.5 cm³/mol. The molecule has 0 bridgehead atoms. The normalized spacial score (nSPS) is 16.3. The first kappa shape index (κ1) is 17.5. The van der Waals surface area contributed by atoms with E-state index in [1.807, 2.05) is 49.3 Å². The summed E-state index contributed by atoms with van der Waals surface area (Å²) in [5.74, 6) is -1.02. The summed E-state index contributed by atoms with van der Waals surface area (Å²) < 4.78 is 0.481. The summed E-state index contributed by atoms with van der Waals surface area (Å²) in [6.07, 6.45) is 2.26. The molecule has 0 aromatic heterocycles. The molecule has 1 aromatic rings. The Kier molecular flexibility index (Phi) is 5.79. The molecule has 0 aliphatic carbocycles. The van der Waals surface area contributed by atoms with Crippen molar-refractivity contribution in [1.82, 2.24) is 4.90 Å². The van der Waals surface area contributed by atoms with Crippen LogP contribution in [0.3, 0.4) is 0 Å². The molecule has 0 spiro atoms. The van der Waals surface area contributed by atoms with Crippen molar-refractivity contribution in [3.63, 3.8) is 0 Å². The number of amides is 1. The molecular weight excluding hydrogens is 332 g/mol. The molecule has 1 aliphatic rings. The van der Waals surface area contributed by atoms with E-state index in [4.69, 9.17) is 17.3 Å². The molecule has 0 radical (unpaired) electrons. The van der Waals surface area contributed by atoms with Crippen LogP contribution in [0.4, 0.5) is 5.69 Å². The van der Waals surface area contributed by atoms with Crippen LogP contribution < -0.4 is 4.90 Å². The summed E-state index contributed by atoms with van der Waals surface area (Å²) in [7, 11) is 3.90. The maximum absolute atomic E-state index is 12.5. The highest BCUT2D eigenvalue weighted by molar-refractivity contribution is 8.26. The van der Waals surface area contributed by atoms with Crippen LogP contribution >= 0.6 is 24.0 Å². The van der Waals surface area contributed by atoms with Gasteiger partial charge in [0.2, 0.25) is 0 Å². The Morgan fingerprint density at radius 3 is 2.74 bits per heavy atom. The SMILES string of the molecule is CN(C)c1ccccc1/C=C1\SC(=S)N(CCCC(=O)O)C1=O. The highest BCUT2D eigenvalue weighted by Gasteiger charge is 2.31. The summed E-state index contributed by atoms with van der Waals surface area (Å²) in [5.41, 5.74) is 1.96. The Labute approximate surface area is 145 Å². The van der Waals surface area contributed by atoms with Gasteiger partial charge in [-0.1, -0.05) is 42.2 Å². The van der Waals surface area contributed by atoms with Gasteiger partial charge in [-0.3, -0.25) is 14.5 Å². The second-order valence-corrected chi connectivity index (χ2v) is 6.96. The minimum Gasteiger partial charge on any atom is -0.481 e. The third kappa shape index (κ3) is 4.33. The molecule has 0 atom stereocenters. The molecule has 0 unspecified atom stereocenters. The molecule has 23 heavy (non-hydrogen) atoms. The zero-order valence-corrected chi connectivity index (χ0v) is 14.6. The highest BCUT2D eigenvalue weighted by atomic mass is 32.2. The first-order valence-corrected chi connectivity index (χ1v) is 8.36. The molecule has 1 fully saturated rings. The number of hydrogen-bond acceptors (Lipinski definition) is 5. The van der Waals surface area contributed by atoms with Crippen LogP contribution in [-0.2, 0) is 9.59 Å². The fourth-order valence-corrected chi connectivity index (χ4v) is 3.54. The van der Waals surface area contributed by atoms with E-state index in [0.717, 1.165) is 11.3 Å². The van der Waals surface area contributed by atoms with Crippen LogP contribution in [0, 0.1) is 0 Å². The number of benzene rings is 1. The first-order chi connectivity index (χ1) is 10.9. The lowest BCUT2D eigenvalue weighted by molar-refractivity contribution is -0.137. The summed E-state index contributed by atoms with van der Waals surface area (Å²) >= 11 is 6.50. The number of thiocarbonyl (C=S) groups is 1. The molecule has 122 valence electrons. The number of thioether (sulfide) groups is 1. The fourth-order valence-electron chi connectivity index (χ4n) is 2.24. The van der Waals surface area contributed by atoms with Gasteiger partial charge < -0.3 is 10.0 Å². The van der Waals surface area contributed by atoms with E-state index < -0.39 is 5.97 Å². The summed E-state index contributed by atoms with van der Waals surface area (Å²) in [6, 6.07) is 7.81. The number of nitrogens with zero attached hydrogens (tertiary/aromatic N) is 2. The van der Waals surface area contributed by atoms with Crippen molar-refractivity contribution in [1.29, 1.82) is 0 Å². The number of aliphatic carboxylic acids is 1. The van der Waals surface area contributed by atoms with E-state index in [1.54, 1.807) is 0 Å². The zero-order chi connectivity index (χ0) is 17.0. The van der Waals surface area contributed by atoms with Gasteiger partial charge in [-0.05, 0) is 24.1 Å². The molecule has 2 rings (SSSR count). The number of anilines is 1. The maximum Gasteiger partial charge on any atom is 0.303 e. The second kappa shape index (κ2) is 7.61. The van der Waals surface area contributed by atoms with Crippen molar-refractivity contribution in [3.8, 4) is 0 Å². The highest BCUT2D eigenvalue weighted by Crippen LogP contribution is 2.34. The molecule has 1 amide bonds. The number of rotatable bonds is 6. The standard InChI is InChI=1S/C16H18N2O3S2/c1-17(2)12-7-4-3-6-11(12)10-13-15(21)18(16(22)23-13)9-5-8-14(19)20/h3-4,6-7,10H,5,8-9H2,1-2H3,(H,19,20)/b13-10-. The molecule has 5 nitrogen and oxygen atoms in total. The van der Waals surface area contributed by atoms with Gasteiger partial charge in [-0.2, -0.15) is 0 Å². The van der Waals surface area contributed by atoms with E-state index in [-0.39, 0.29) is 12.3 Å². The second-order valence-electron chi connectivity index (χ2n) is 5.28. The van der Waals surface area contributed by atoms with Crippen molar-refractivity contribution in [2.45, 2.75) is 12.8 Å². The van der Waals surface area contributed by atoms with Crippen LogP contribution in [-0.4, -0.2) is 46.8 Å². The topological polar surface area (TPSA) is 60.9 Å². The Morgan fingerprint density at radius 2 is 2.09 bits per heavy atom. The Hall–Kier alpha value is -1.86. The summed E-state index contributed by atoms with van der Waals surface area (Å²) in [4.78, 5) is 27.1. The molecule has 1 saturated heterocycles. The first-order valence-electron chi connectivity index (χ1n) is 7.13. The number of carbonyl (C=O) groups excluding carboxylic acids is 1. The van der Waals surface area contributed by atoms with Crippen LogP contribution in [0.5, 0.6) is 0 Å². The average molecular weight is 350 g/mol. The lowest BCUT2D eigenvalue weighted by atomic mass is 10.1.